The topological polar surface area (TPSA) is 76.4 Å². The fraction of sp³-hybridized carbons (Fsp3) is 0.118. The van der Waals surface area contributed by atoms with Crippen molar-refractivity contribution in [1.29, 1.82) is 0 Å². The number of hydrogen-bond donors (Lipinski definition) is 1. The van der Waals surface area contributed by atoms with Gasteiger partial charge in [-0.2, -0.15) is 0 Å². The zero-order valence-corrected chi connectivity index (χ0v) is 14.5. The summed E-state index contributed by atoms with van der Waals surface area (Å²) in [5, 5.41) is 3.20. The molecule has 1 aromatic carbocycles. The number of nitrogens with one attached hydrogen (secondary N) is 1. The van der Waals surface area contributed by atoms with Gasteiger partial charge in [-0.1, -0.05) is 6.07 Å². The first-order chi connectivity index (χ1) is 12.0. The Labute approximate surface area is 148 Å². The standard InChI is InChI=1S/C17H14FNO4S2/c18-13-7-5-12(6-8-13)17(20)19-11-15(14-3-1-9-23-14)25(21,22)16-4-2-10-24-16/h1-10,15H,11H2,(H,19,20)/t15-/m0/s1. The monoisotopic (exact) mass is 379 g/mol. The number of sulfone groups is 1. The number of halogens is 1. The average molecular weight is 379 g/mol. The van der Waals surface area contributed by atoms with Gasteiger partial charge in [0.2, 0.25) is 0 Å². The highest BCUT2D eigenvalue weighted by Crippen LogP contribution is 2.31. The summed E-state index contributed by atoms with van der Waals surface area (Å²) in [4.78, 5) is 12.2. The van der Waals surface area contributed by atoms with Crippen LogP contribution in [0.5, 0.6) is 0 Å². The van der Waals surface area contributed by atoms with Gasteiger partial charge in [0.15, 0.2) is 9.84 Å². The quantitative estimate of drug-likeness (QED) is 0.712. The number of carbonyl (C=O) groups excluding carboxylic acids is 1. The van der Waals surface area contributed by atoms with Crippen molar-refractivity contribution in [3.05, 3.63) is 77.3 Å². The van der Waals surface area contributed by atoms with Crippen LogP contribution in [0.3, 0.4) is 0 Å². The van der Waals surface area contributed by atoms with Gasteiger partial charge < -0.3 is 9.73 Å². The lowest BCUT2D eigenvalue weighted by atomic mass is 10.2. The van der Waals surface area contributed by atoms with Crippen LogP contribution in [0.25, 0.3) is 0 Å². The van der Waals surface area contributed by atoms with E-state index in [2.05, 4.69) is 5.32 Å². The third-order valence-electron chi connectivity index (χ3n) is 3.57. The van der Waals surface area contributed by atoms with E-state index in [1.165, 1.54) is 36.6 Å². The maximum Gasteiger partial charge on any atom is 0.251 e. The normalized spacial score (nSPS) is 12.7. The minimum Gasteiger partial charge on any atom is -0.468 e. The molecule has 5 nitrogen and oxygen atoms in total. The van der Waals surface area contributed by atoms with Crippen LogP contribution in [0.1, 0.15) is 21.4 Å². The van der Waals surface area contributed by atoms with Gasteiger partial charge in [0.25, 0.3) is 5.91 Å². The van der Waals surface area contributed by atoms with Gasteiger partial charge in [0.1, 0.15) is 21.0 Å². The van der Waals surface area contributed by atoms with E-state index in [0.29, 0.717) is 0 Å². The van der Waals surface area contributed by atoms with Gasteiger partial charge in [0.05, 0.1) is 6.26 Å². The second kappa shape index (κ2) is 7.20. The Kier molecular flexibility index (Phi) is 5.00. The molecule has 1 N–H and O–H groups in total. The zero-order chi connectivity index (χ0) is 17.9. The third kappa shape index (κ3) is 3.80. The SMILES string of the molecule is O=C(NC[C@@H](c1ccco1)S(=O)(=O)c1cccs1)c1ccc(F)cc1. The fourth-order valence-electron chi connectivity index (χ4n) is 2.29. The molecule has 0 bridgehead atoms. The smallest absolute Gasteiger partial charge is 0.251 e. The van der Waals surface area contributed by atoms with Gasteiger partial charge in [0, 0.05) is 12.1 Å². The molecule has 2 aromatic heterocycles. The maximum atomic E-state index is 12.9. The van der Waals surface area contributed by atoms with Crippen molar-refractivity contribution < 1.29 is 22.0 Å². The van der Waals surface area contributed by atoms with Gasteiger partial charge >= 0.3 is 0 Å². The molecule has 3 aromatic rings. The zero-order valence-electron chi connectivity index (χ0n) is 12.9. The van der Waals surface area contributed by atoms with Crippen molar-refractivity contribution >= 4 is 27.1 Å². The Morgan fingerprint density at radius 2 is 1.92 bits per heavy atom. The molecule has 0 radical (unpaired) electrons. The second-order valence-electron chi connectivity index (χ2n) is 5.20. The van der Waals surface area contributed by atoms with Crippen LogP contribution in [-0.2, 0) is 9.84 Å². The first-order valence-corrected chi connectivity index (χ1v) is 9.75. The summed E-state index contributed by atoms with van der Waals surface area (Å²) in [7, 11) is -3.72. The molecule has 8 heteroatoms. The molecule has 2 heterocycles. The van der Waals surface area contributed by atoms with E-state index in [1.807, 2.05) is 0 Å². The molecule has 0 aliphatic rings. The molecular formula is C17H14FNO4S2. The molecule has 0 fully saturated rings. The van der Waals surface area contributed by atoms with Crippen LogP contribution in [0, 0.1) is 5.82 Å². The van der Waals surface area contributed by atoms with Crippen molar-refractivity contribution in [2.45, 2.75) is 9.46 Å². The molecule has 0 unspecified atom stereocenters. The summed E-state index contributed by atoms with van der Waals surface area (Å²) < 4.78 is 44.1. The van der Waals surface area contributed by atoms with Crippen LogP contribution in [0.4, 0.5) is 4.39 Å². The van der Waals surface area contributed by atoms with E-state index in [-0.39, 0.29) is 22.1 Å². The number of thiophene rings is 1. The molecule has 25 heavy (non-hydrogen) atoms. The number of furan rings is 1. The number of hydrogen-bond acceptors (Lipinski definition) is 5. The summed E-state index contributed by atoms with van der Waals surface area (Å²) in [6, 6.07) is 11.3. The molecule has 1 amide bonds. The molecule has 0 saturated heterocycles. The Hall–Kier alpha value is -2.45. The van der Waals surface area contributed by atoms with Crippen LogP contribution < -0.4 is 5.32 Å². The minimum absolute atomic E-state index is 0.163. The van der Waals surface area contributed by atoms with Crippen molar-refractivity contribution in [3.8, 4) is 0 Å². The first-order valence-electron chi connectivity index (χ1n) is 7.33. The highest BCUT2D eigenvalue weighted by atomic mass is 32.2. The van der Waals surface area contributed by atoms with E-state index in [0.717, 1.165) is 11.3 Å². The number of amides is 1. The first kappa shape index (κ1) is 17.4. The third-order valence-corrected chi connectivity index (χ3v) is 7.06. The van der Waals surface area contributed by atoms with E-state index in [4.69, 9.17) is 4.42 Å². The van der Waals surface area contributed by atoms with Crippen molar-refractivity contribution in [3.63, 3.8) is 0 Å². The Balaban J connectivity index is 1.82. The lowest BCUT2D eigenvalue weighted by molar-refractivity contribution is 0.0953. The second-order valence-corrected chi connectivity index (χ2v) is 8.50. The largest absolute Gasteiger partial charge is 0.468 e. The highest BCUT2D eigenvalue weighted by molar-refractivity contribution is 7.93. The minimum atomic E-state index is -3.72. The Morgan fingerprint density at radius 3 is 2.52 bits per heavy atom. The predicted molar refractivity (Wildman–Crippen MR) is 91.7 cm³/mol. The number of rotatable bonds is 6. The summed E-state index contributed by atoms with van der Waals surface area (Å²) in [5.74, 6) is -0.698. The van der Waals surface area contributed by atoms with Gasteiger partial charge in [-0.05, 0) is 47.8 Å². The van der Waals surface area contributed by atoms with Gasteiger partial charge in [-0.25, -0.2) is 12.8 Å². The van der Waals surface area contributed by atoms with E-state index < -0.39 is 26.8 Å². The van der Waals surface area contributed by atoms with Gasteiger partial charge in [-0.15, -0.1) is 11.3 Å². The molecule has 130 valence electrons. The predicted octanol–water partition coefficient (Wildman–Crippen LogP) is 3.43. The van der Waals surface area contributed by atoms with Crippen LogP contribution in [0.15, 0.2) is 68.8 Å². The van der Waals surface area contributed by atoms with Crippen LogP contribution >= 0.6 is 11.3 Å². The molecule has 0 aliphatic carbocycles. The van der Waals surface area contributed by atoms with E-state index in [9.17, 15) is 17.6 Å². The van der Waals surface area contributed by atoms with Crippen molar-refractivity contribution in [1.82, 2.24) is 5.32 Å². The molecule has 3 rings (SSSR count). The molecule has 0 saturated carbocycles. The molecule has 1 atom stereocenters. The van der Waals surface area contributed by atoms with E-state index >= 15 is 0 Å². The van der Waals surface area contributed by atoms with Crippen LogP contribution in [0.2, 0.25) is 0 Å². The Bertz CT molecular complexity index is 933. The van der Waals surface area contributed by atoms with E-state index in [1.54, 1.807) is 23.6 Å². The van der Waals surface area contributed by atoms with Crippen molar-refractivity contribution in [2.75, 3.05) is 6.54 Å². The number of benzene rings is 1. The summed E-state index contributed by atoms with van der Waals surface area (Å²) >= 11 is 1.10. The summed E-state index contributed by atoms with van der Waals surface area (Å²) in [5.41, 5.74) is 0.244. The highest BCUT2D eigenvalue weighted by Gasteiger charge is 2.32. The lowest BCUT2D eigenvalue weighted by Gasteiger charge is -2.15. The summed E-state index contributed by atoms with van der Waals surface area (Å²) in [6.07, 6.45) is 1.38. The molecule has 0 aliphatic heterocycles. The molecular weight excluding hydrogens is 365 g/mol. The van der Waals surface area contributed by atoms with Gasteiger partial charge in [-0.3, -0.25) is 4.79 Å². The number of carbonyl (C=O) groups is 1. The van der Waals surface area contributed by atoms with Crippen molar-refractivity contribution in [2.24, 2.45) is 0 Å². The molecule has 0 spiro atoms. The summed E-state index contributed by atoms with van der Waals surface area (Å²) in [6.45, 7) is -0.163. The maximum absolute atomic E-state index is 12.9. The fourth-order valence-corrected chi connectivity index (χ4v) is 5.08. The Morgan fingerprint density at radius 1 is 1.16 bits per heavy atom. The van der Waals surface area contributed by atoms with Crippen LogP contribution in [-0.4, -0.2) is 20.9 Å². The average Bonchev–Trinajstić information content (AvgIpc) is 3.29. The lowest BCUT2D eigenvalue weighted by Crippen LogP contribution is -2.31.